The normalized spacial score (nSPS) is 8.83. The molecular formula is C18H30Br2N2O2. The number of rotatable bonds is 9. The van der Waals surface area contributed by atoms with Gasteiger partial charge in [0.2, 0.25) is 0 Å². The van der Waals surface area contributed by atoms with Crippen molar-refractivity contribution in [2.45, 2.75) is 51.6 Å². The molecule has 4 N–H and O–H groups in total. The second-order valence-corrected chi connectivity index (χ2v) is 5.35. The van der Waals surface area contributed by atoms with E-state index < -0.39 is 0 Å². The van der Waals surface area contributed by atoms with Crippen LogP contribution in [0.25, 0.3) is 0 Å². The van der Waals surface area contributed by atoms with E-state index in [-0.39, 0.29) is 44.9 Å². The molecule has 24 heavy (non-hydrogen) atoms. The van der Waals surface area contributed by atoms with Gasteiger partial charge in [-0.25, -0.2) is 9.13 Å². The van der Waals surface area contributed by atoms with E-state index in [1.165, 1.54) is 38.5 Å². The fourth-order valence-corrected chi connectivity index (χ4v) is 2.46. The number of unbranched alkanes of at least 4 members (excludes halogenated alkanes) is 5. The summed E-state index contributed by atoms with van der Waals surface area (Å²) in [4.78, 5) is 0. The molecule has 0 aliphatic heterocycles. The Hall–Kier alpha value is -0.820. The summed E-state index contributed by atoms with van der Waals surface area (Å²) < 4.78 is 4.54. The number of hydrogen-bond donors (Lipinski definition) is 0. The molecule has 2 aromatic heterocycles. The van der Waals surface area contributed by atoms with Gasteiger partial charge in [0, 0.05) is 37.1 Å². The first-order valence-electron chi connectivity index (χ1n) is 7.83. The molecule has 2 rings (SSSR count). The summed E-state index contributed by atoms with van der Waals surface area (Å²) in [6.45, 7) is 2.31. The van der Waals surface area contributed by atoms with Crippen LogP contribution in [0.4, 0.5) is 0 Å². The van der Waals surface area contributed by atoms with E-state index in [9.17, 15) is 0 Å². The number of halogens is 2. The zero-order valence-electron chi connectivity index (χ0n) is 14.1. The maximum absolute atomic E-state index is 2.27. The number of hydrogen-bond acceptors (Lipinski definition) is 0. The average molecular weight is 466 g/mol. The van der Waals surface area contributed by atoms with Crippen LogP contribution in [0.15, 0.2) is 61.2 Å². The van der Waals surface area contributed by atoms with Crippen LogP contribution in [0.2, 0.25) is 0 Å². The maximum Gasteiger partial charge on any atom is 0.168 e. The van der Waals surface area contributed by atoms with Crippen molar-refractivity contribution in [2.75, 3.05) is 0 Å². The van der Waals surface area contributed by atoms with Crippen molar-refractivity contribution in [1.82, 2.24) is 0 Å². The molecule has 0 spiro atoms. The van der Waals surface area contributed by atoms with E-state index in [4.69, 9.17) is 0 Å². The van der Waals surface area contributed by atoms with Gasteiger partial charge in [0.25, 0.3) is 0 Å². The molecular weight excluding hydrogens is 436 g/mol. The SMILES string of the molecule is O.O.[Br-].[Br-].c1cc[n+](CCCCCCCC[n+]2ccccc2)cc1. The number of aromatic nitrogens is 2. The highest BCUT2D eigenvalue weighted by Gasteiger charge is 1.99. The molecule has 6 heteroatoms. The van der Waals surface area contributed by atoms with Crippen LogP contribution in [0.5, 0.6) is 0 Å². The van der Waals surface area contributed by atoms with Gasteiger partial charge in [0.1, 0.15) is 13.1 Å². The highest BCUT2D eigenvalue weighted by molar-refractivity contribution is 4.84. The fraction of sp³-hybridized carbons (Fsp3) is 0.444. The molecule has 0 aliphatic rings. The molecule has 0 saturated carbocycles. The lowest BCUT2D eigenvalue weighted by Gasteiger charge is -2.00. The molecule has 0 atom stereocenters. The Bertz CT molecular complexity index is 427. The molecule has 0 aliphatic carbocycles. The summed E-state index contributed by atoms with van der Waals surface area (Å²) >= 11 is 0. The fourth-order valence-electron chi connectivity index (χ4n) is 2.46. The van der Waals surface area contributed by atoms with Gasteiger partial charge in [-0.1, -0.05) is 25.0 Å². The summed E-state index contributed by atoms with van der Waals surface area (Å²) in [6.07, 6.45) is 16.6. The summed E-state index contributed by atoms with van der Waals surface area (Å²) in [7, 11) is 0. The van der Waals surface area contributed by atoms with E-state index in [0.717, 1.165) is 13.1 Å². The van der Waals surface area contributed by atoms with Crippen LogP contribution in [0.1, 0.15) is 38.5 Å². The second-order valence-electron chi connectivity index (χ2n) is 5.35. The topological polar surface area (TPSA) is 70.8 Å². The third kappa shape index (κ3) is 12.6. The summed E-state index contributed by atoms with van der Waals surface area (Å²) in [6, 6.07) is 12.5. The Labute approximate surface area is 166 Å². The van der Waals surface area contributed by atoms with E-state index in [0.29, 0.717) is 0 Å². The molecule has 0 amide bonds. The van der Waals surface area contributed by atoms with Crippen molar-refractivity contribution in [3.05, 3.63) is 61.2 Å². The lowest BCUT2D eigenvalue weighted by molar-refractivity contribution is -0.697. The van der Waals surface area contributed by atoms with E-state index in [2.05, 4.69) is 70.3 Å². The van der Waals surface area contributed by atoms with E-state index >= 15 is 0 Å². The third-order valence-electron chi connectivity index (χ3n) is 3.64. The zero-order chi connectivity index (χ0) is 13.9. The standard InChI is InChI=1S/C18H26N2.2BrH.2H2O/c1(3-7-13-19-15-9-5-10-16-19)2-4-8-14-20-17-11-6-12-18-20;;;;/h5-6,9-12,15-18H,1-4,7-8,13-14H2;2*1H;2*1H2/q+2;;;;/p-2. The Kier molecular flexibility index (Phi) is 21.6. The Morgan fingerprint density at radius 3 is 1.04 bits per heavy atom. The molecule has 0 bridgehead atoms. The van der Waals surface area contributed by atoms with Gasteiger partial charge in [0.15, 0.2) is 24.8 Å². The predicted octanol–water partition coefficient (Wildman–Crippen LogP) is -4.34. The molecule has 2 heterocycles. The minimum Gasteiger partial charge on any atom is -1.00 e. The molecule has 4 nitrogen and oxygen atoms in total. The number of nitrogens with zero attached hydrogens (tertiary/aromatic N) is 2. The first-order chi connectivity index (χ1) is 9.95. The van der Waals surface area contributed by atoms with Gasteiger partial charge in [0.05, 0.1) is 0 Å². The monoisotopic (exact) mass is 464 g/mol. The van der Waals surface area contributed by atoms with Gasteiger partial charge in [-0.05, 0) is 12.8 Å². The van der Waals surface area contributed by atoms with Crippen molar-refractivity contribution in [1.29, 1.82) is 0 Å². The quantitative estimate of drug-likeness (QED) is 0.265. The highest BCUT2D eigenvalue weighted by Crippen LogP contribution is 2.05. The molecule has 0 saturated heterocycles. The van der Waals surface area contributed by atoms with Crippen molar-refractivity contribution in [3.8, 4) is 0 Å². The smallest absolute Gasteiger partial charge is 0.168 e. The maximum atomic E-state index is 2.27. The van der Waals surface area contributed by atoms with Gasteiger partial charge < -0.3 is 44.9 Å². The van der Waals surface area contributed by atoms with Gasteiger partial charge in [-0.2, -0.15) is 0 Å². The molecule has 2 aromatic rings. The van der Waals surface area contributed by atoms with Crippen LogP contribution in [-0.2, 0) is 13.1 Å². The number of pyridine rings is 2. The first kappa shape index (κ1) is 28.0. The molecule has 0 aromatic carbocycles. The second kappa shape index (κ2) is 18.5. The van der Waals surface area contributed by atoms with Gasteiger partial charge in [-0.15, -0.1) is 0 Å². The lowest BCUT2D eigenvalue weighted by atomic mass is 10.1. The zero-order valence-corrected chi connectivity index (χ0v) is 17.3. The van der Waals surface area contributed by atoms with E-state index in [1.54, 1.807) is 0 Å². The summed E-state index contributed by atoms with van der Waals surface area (Å²) in [5.74, 6) is 0. The van der Waals surface area contributed by atoms with Gasteiger partial charge >= 0.3 is 0 Å². The van der Waals surface area contributed by atoms with Crippen LogP contribution in [-0.4, -0.2) is 11.0 Å². The van der Waals surface area contributed by atoms with Crippen LogP contribution in [0, 0.1) is 0 Å². The molecule has 138 valence electrons. The lowest BCUT2D eigenvalue weighted by Crippen LogP contribution is -3.00. The minimum atomic E-state index is 0. The minimum absolute atomic E-state index is 0. The predicted molar refractivity (Wildman–Crippen MR) is 88.2 cm³/mol. The molecule has 0 fully saturated rings. The number of aryl methyl sites for hydroxylation is 2. The summed E-state index contributed by atoms with van der Waals surface area (Å²) in [5.41, 5.74) is 0. The third-order valence-corrected chi connectivity index (χ3v) is 3.64. The highest BCUT2D eigenvalue weighted by atomic mass is 79.9. The van der Waals surface area contributed by atoms with Crippen LogP contribution in [0.3, 0.4) is 0 Å². The van der Waals surface area contributed by atoms with Gasteiger partial charge in [-0.3, -0.25) is 0 Å². The average Bonchev–Trinajstić information content (AvgIpc) is 2.52. The first-order valence-corrected chi connectivity index (χ1v) is 7.83. The van der Waals surface area contributed by atoms with Crippen molar-refractivity contribution in [2.24, 2.45) is 0 Å². The largest absolute Gasteiger partial charge is 1.00 e. The van der Waals surface area contributed by atoms with E-state index in [1.807, 2.05) is 0 Å². The van der Waals surface area contributed by atoms with Crippen molar-refractivity contribution in [3.63, 3.8) is 0 Å². The van der Waals surface area contributed by atoms with Crippen molar-refractivity contribution >= 4 is 0 Å². The molecule has 0 radical (unpaired) electrons. The molecule has 0 unspecified atom stereocenters. The van der Waals surface area contributed by atoms with Crippen LogP contribution < -0.4 is 43.1 Å². The van der Waals surface area contributed by atoms with Crippen LogP contribution >= 0.6 is 0 Å². The Balaban J connectivity index is -0.00000110. The Morgan fingerprint density at radius 1 is 0.417 bits per heavy atom. The Morgan fingerprint density at radius 2 is 0.708 bits per heavy atom. The van der Waals surface area contributed by atoms with Crippen molar-refractivity contribution < 1.29 is 54.0 Å². The summed E-state index contributed by atoms with van der Waals surface area (Å²) in [5, 5.41) is 0.